The summed E-state index contributed by atoms with van der Waals surface area (Å²) in [5.41, 5.74) is 2.41. The molecule has 0 aliphatic carbocycles. The molecule has 29 heavy (non-hydrogen) atoms. The van der Waals surface area contributed by atoms with Crippen LogP contribution in [0.5, 0.6) is 0 Å². The van der Waals surface area contributed by atoms with Crippen LogP contribution < -0.4 is 10.9 Å². The van der Waals surface area contributed by atoms with Crippen LogP contribution in [-0.4, -0.2) is 34.7 Å². The van der Waals surface area contributed by atoms with Crippen LogP contribution in [0.4, 0.5) is 0 Å². The Morgan fingerprint density at radius 1 is 1.21 bits per heavy atom. The molecule has 6 nitrogen and oxygen atoms in total. The van der Waals surface area contributed by atoms with Gasteiger partial charge in [-0.05, 0) is 44.0 Å². The second-order valence-corrected chi connectivity index (χ2v) is 7.46. The molecule has 1 N–H and O–H groups in total. The van der Waals surface area contributed by atoms with Crippen LogP contribution in [0.2, 0.25) is 0 Å². The molecule has 3 aromatic rings. The summed E-state index contributed by atoms with van der Waals surface area (Å²) in [7, 11) is 0. The highest BCUT2D eigenvalue weighted by Crippen LogP contribution is 2.15. The normalized spacial score (nSPS) is 16.2. The Balaban J connectivity index is 1.60. The first-order chi connectivity index (χ1) is 14.1. The highest BCUT2D eigenvalue weighted by Gasteiger charge is 2.17. The van der Waals surface area contributed by atoms with Gasteiger partial charge in [-0.15, -0.1) is 0 Å². The number of nitrogens with zero attached hydrogens (tertiary/aromatic N) is 2. The number of nitrogens with one attached hydrogen (secondary N) is 1. The lowest BCUT2D eigenvalue weighted by atomic mass is 10.2. The highest BCUT2D eigenvalue weighted by atomic mass is 16.5. The largest absolute Gasteiger partial charge is 0.376 e. The van der Waals surface area contributed by atoms with Gasteiger partial charge in [0.15, 0.2) is 0 Å². The van der Waals surface area contributed by atoms with E-state index in [-0.39, 0.29) is 24.0 Å². The predicted octanol–water partition coefficient (Wildman–Crippen LogP) is 2.92. The van der Waals surface area contributed by atoms with Crippen LogP contribution in [0.25, 0.3) is 16.6 Å². The van der Waals surface area contributed by atoms with E-state index in [2.05, 4.69) is 5.32 Å². The monoisotopic (exact) mass is 391 g/mol. The highest BCUT2D eigenvalue weighted by molar-refractivity contribution is 5.78. The summed E-state index contributed by atoms with van der Waals surface area (Å²) in [6.07, 6.45) is 2.79. The molecule has 150 valence electrons. The zero-order chi connectivity index (χ0) is 20.2. The molecule has 2 aromatic carbocycles. The number of benzene rings is 2. The number of hydrogen-bond acceptors (Lipinski definition) is 4. The van der Waals surface area contributed by atoms with Gasteiger partial charge in [0, 0.05) is 26.0 Å². The van der Waals surface area contributed by atoms with Crippen molar-refractivity contribution in [1.82, 2.24) is 14.9 Å². The molecule has 0 spiro atoms. The Morgan fingerprint density at radius 2 is 2.00 bits per heavy atom. The number of carbonyl (C=O) groups is 1. The predicted molar refractivity (Wildman–Crippen MR) is 112 cm³/mol. The molecule has 1 saturated heterocycles. The molecule has 2 heterocycles. The minimum atomic E-state index is -0.116. The number of ether oxygens (including phenoxy) is 1. The van der Waals surface area contributed by atoms with Gasteiger partial charge in [0.2, 0.25) is 5.91 Å². The van der Waals surface area contributed by atoms with Crippen LogP contribution in [0.15, 0.2) is 53.3 Å². The van der Waals surface area contributed by atoms with Gasteiger partial charge >= 0.3 is 0 Å². The van der Waals surface area contributed by atoms with Crippen molar-refractivity contribution in [3.63, 3.8) is 0 Å². The summed E-state index contributed by atoms with van der Waals surface area (Å²) < 4.78 is 7.16. The first-order valence-electron chi connectivity index (χ1n) is 10.1. The summed E-state index contributed by atoms with van der Waals surface area (Å²) in [6.45, 7) is 3.31. The van der Waals surface area contributed by atoms with Crippen molar-refractivity contribution in [2.45, 2.75) is 38.7 Å². The van der Waals surface area contributed by atoms with E-state index >= 15 is 0 Å². The topological polar surface area (TPSA) is 73.2 Å². The van der Waals surface area contributed by atoms with Gasteiger partial charge in [0.05, 0.1) is 22.7 Å². The number of rotatable bonds is 6. The lowest BCUT2D eigenvalue weighted by Crippen LogP contribution is -2.32. The second kappa shape index (κ2) is 8.57. The Labute approximate surface area is 169 Å². The maximum Gasteiger partial charge on any atom is 0.265 e. The van der Waals surface area contributed by atoms with Crippen LogP contribution in [-0.2, 0) is 16.0 Å². The zero-order valence-corrected chi connectivity index (χ0v) is 16.6. The average Bonchev–Trinajstić information content (AvgIpc) is 3.25. The van der Waals surface area contributed by atoms with Crippen molar-refractivity contribution in [2.24, 2.45) is 0 Å². The van der Waals surface area contributed by atoms with Crippen molar-refractivity contribution >= 4 is 16.8 Å². The maximum atomic E-state index is 13.2. The van der Waals surface area contributed by atoms with E-state index in [0.717, 1.165) is 30.7 Å². The summed E-state index contributed by atoms with van der Waals surface area (Å²) in [6, 6.07) is 15.1. The summed E-state index contributed by atoms with van der Waals surface area (Å²) in [5, 5.41) is 3.50. The van der Waals surface area contributed by atoms with Crippen molar-refractivity contribution in [1.29, 1.82) is 0 Å². The van der Waals surface area contributed by atoms with Gasteiger partial charge in [-0.3, -0.25) is 14.2 Å². The molecule has 1 fully saturated rings. The number of carbonyl (C=O) groups excluding carboxylic acids is 1. The van der Waals surface area contributed by atoms with Gasteiger partial charge in [0.1, 0.15) is 5.82 Å². The quantitative estimate of drug-likeness (QED) is 0.701. The SMILES string of the molecule is Cc1ccc(-n2c(CCC(=O)NC[C@@H]3CCCO3)nc3ccccc3c2=O)cc1. The van der Waals surface area contributed by atoms with E-state index in [1.807, 2.05) is 49.4 Å². The second-order valence-electron chi connectivity index (χ2n) is 7.46. The number of amides is 1. The van der Waals surface area contributed by atoms with Crippen LogP contribution in [0.1, 0.15) is 30.7 Å². The standard InChI is InChI=1S/C23H25N3O3/c1-16-8-10-17(11-9-16)26-21(25-20-7-3-2-6-19(20)23(26)28)12-13-22(27)24-15-18-5-4-14-29-18/h2-3,6-11,18H,4-5,12-15H2,1H3,(H,24,27)/t18-/m0/s1. The molecule has 1 aliphatic rings. The molecule has 1 aromatic heterocycles. The molecule has 1 aliphatic heterocycles. The zero-order valence-electron chi connectivity index (χ0n) is 16.6. The van der Waals surface area contributed by atoms with Gasteiger partial charge in [0.25, 0.3) is 5.56 Å². The minimum absolute atomic E-state index is 0.0571. The first kappa shape index (κ1) is 19.3. The third-order valence-corrected chi connectivity index (χ3v) is 5.26. The third-order valence-electron chi connectivity index (χ3n) is 5.26. The molecular formula is C23H25N3O3. The Kier molecular flexibility index (Phi) is 5.71. The van der Waals surface area contributed by atoms with Crippen LogP contribution in [0, 0.1) is 6.92 Å². The molecule has 6 heteroatoms. The van der Waals surface area contributed by atoms with Crippen molar-refractivity contribution in [2.75, 3.05) is 13.2 Å². The lowest BCUT2D eigenvalue weighted by Gasteiger charge is -2.14. The fourth-order valence-corrected chi connectivity index (χ4v) is 3.65. The molecule has 4 rings (SSSR count). The van der Waals surface area contributed by atoms with Crippen molar-refractivity contribution in [3.05, 3.63) is 70.3 Å². The van der Waals surface area contributed by atoms with Gasteiger partial charge in [-0.2, -0.15) is 0 Å². The van der Waals surface area contributed by atoms with Crippen molar-refractivity contribution in [3.8, 4) is 5.69 Å². The number of hydrogen-bond donors (Lipinski definition) is 1. The van der Waals surface area contributed by atoms with E-state index in [9.17, 15) is 9.59 Å². The Hall–Kier alpha value is -2.99. The average molecular weight is 391 g/mol. The van der Waals surface area contributed by atoms with E-state index in [1.165, 1.54) is 0 Å². The summed E-state index contributed by atoms with van der Waals surface area (Å²) >= 11 is 0. The molecule has 0 saturated carbocycles. The van der Waals surface area contributed by atoms with Gasteiger partial charge in [-0.1, -0.05) is 29.8 Å². The molecule has 0 unspecified atom stereocenters. The van der Waals surface area contributed by atoms with Crippen molar-refractivity contribution < 1.29 is 9.53 Å². The number of para-hydroxylation sites is 1. The summed E-state index contributed by atoms with van der Waals surface area (Å²) in [5.74, 6) is 0.531. The fourth-order valence-electron chi connectivity index (χ4n) is 3.65. The fraction of sp³-hybridized carbons (Fsp3) is 0.348. The van der Waals surface area contributed by atoms with E-state index in [1.54, 1.807) is 10.6 Å². The number of aromatic nitrogens is 2. The summed E-state index contributed by atoms with van der Waals surface area (Å²) in [4.78, 5) is 30.2. The maximum absolute atomic E-state index is 13.2. The Morgan fingerprint density at radius 3 is 2.76 bits per heavy atom. The van der Waals surface area contributed by atoms with E-state index in [4.69, 9.17) is 9.72 Å². The smallest absolute Gasteiger partial charge is 0.265 e. The number of aryl methyl sites for hydroxylation is 2. The molecule has 0 radical (unpaired) electrons. The van der Waals surface area contributed by atoms with Crippen LogP contribution in [0.3, 0.4) is 0 Å². The van der Waals surface area contributed by atoms with Crippen LogP contribution >= 0.6 is 0 Å². The first-order valence-corrected chi connectivity index (χ1v) is 10.1. The van der Waals surface area contributed by atoms with Gasteiger partial charge in [-0.25, -0.2) is 4.98 Å². The Bertz CT molecular complexity index is 1070. The molecule has 0 bridgehead atoms. The molecular weight excluding hydrogens is 366 g/mol. The van der Waals surface area contributed by atoms with E-state index < -0.39 is 0 Å². The van der Waals surface area contributed by atoms with Gasteiger partial charge < -0.3 is 10.1 Å². The third kappa shape index (κ3) is 4.38. The molecule has 1 atom stereocenters. The molecule has 1 amide bonds. The lowest BCUT2D eigenvalue weighted by molar-refractivity contribution is -0.121. The minimum Gasteiger partial charge on any atom is -0.376 e. The number of fused-ring (bicyclic) bond motifs is 1. The van der Waals surface area contributed by atoms with E-state index in [0.29, 0.717) is 29.7 Å².